The van der Waals surface area contributed by atoms with Crippen LogP contribution in [0.2, 0.25) is 0 Å². The number of carbonyl (C=O) groups is 2. The highest BCUT2D eigenvalue weighted by molar-refractivity contribution is 5.78. The zero-order valence-corrected chi connectivity index (χ0v) is 9.35. The second kappa shape index (κ2) is 4.72. The second-order valence-electron chi connectivity index (χ2n) is 4.52. The van der Waals surface area contributed by atoms with Gasteiger partial charge in [0.15, 0.2) is 0 Å². The van der Waals surface area contributed by atoms with Crippen molar-refractivity contribution in [2.75, 3.05) is 6.54 Å². The number of rotatable bonds is 2. The Labute approximate surface area is 94.9 Å². The molecular weight excluding hydrogens is 208 g/mol. The normalized spacial score (nSPS) is 30.5. The van der Waals surface area contributed by atoms with Gasteiger partial charge >= 0.3 is 6.09 Å². The number of nitrogens with zero attached hydrogens (tertiary/aromatic N) is 1. The summed E-state index contributed by atoms with van der Waals surface area (Å²) in [5.41, 5.74) is 5.05. The molecule has 2 rings (SSSR count). The van der Waals surface area contributed by atoms with Crippen molar-refractivity contribution in [1.82, 2.24) is 4.90 Å². The van der Waals surface area contributed by atoms with Crippen LogP contribution in [0.1, 0.15) is 38.5 Å². The Hall–Kier alpha value is -1.26. The highest BCUT2D eigenvalue weighted by atomic mass is 16.6. The first-order valence-electron chi connectivity index (χ1n) is 5.94. The third-order valence-corrected chi connectivity index (χ3v) is 3.45. The third kappa shape index (κ3) is 2.28. The van der Waals surface area contributed by atoms with Gasteiger partial charge in [-0.1, -0.05) is 6.42 Å². The van der Waals surface area contributed by atoms with Gasteiger partial charge in [-0.15, -0.1) is 0 Å². The summed E-state index contributed by atoms with van der Waals surface area (Å²) in [6.07, 6.45) is 4.47. The van der Waals surface area contributed by atoms with Gasteiger partial charge in [0.1, 0.15) is 6.10 Å². The Morgan fingerprint density at radius 3 is 2.69 bits per heavy atom. The van der Waals surface area contributed by atoms with E-state index in [9.17, 15) is 9.59 Å². The summed E-state index contributed by atoms with van der Waals surface area (Å²) in [4.78, 5) is 24.3. The molecule has 0 spiro atoms. The number of likely N-dealkylation sites (tertiary alicyclic amines) is 1. The summed E-state index contributed by atoms with van der Waals surface area (Å²) in [5.74, 6) is 0.185. The van der Waals surface area contributed by atoms with Crippen LogP contribution in [-0.4, -0.2) is 35.6 Å². The summed E-state index contributed by atoms with van der Waals surface area (Å²) in [7, 11) is 0. The van der Waals surface area contributed by atoms with Gasteiger partial charge in [-0.25, -0.2) is 4.79 Å². The van der Waals surface area contributed by atoms with Gasteiger partial charge in [-0.05, 0) is 25.7 Å². The predicted octanol–water partition coefficient (Wildman–Crippen LogP) is 1.02. The van der Waals surface area contributed by atoms with Crippen molar-refractivity contribution in [2.24, 2.45) is 5.73 Å². The number of amides is 2. The topological polar surface area (TPSA) is 72.6 Å². The fourth-order valence-electron chi connectivity index (χ4n) is 2.74. The Balaban J connectivity index is 2.03. The Bertz CT molecular complexity index is 293. The van der Waals surface area contributed by atoms with E-state index in [4.69, 9.17) is 10.5 Å². The van der Waals surface area contributed by atoms with Gasteiger partial charge in [0.2, 0.25) is 5.91 Å². The average molecular weight is 226 g/mol. The van der Waals surface area contributed by atoms with Crippen molar-refractivity contribution in [1.29, 1.82) is 0 Å². The maximum atomic E-state index is 11.7. The second-order valence-corrected chi connectivity index (χ2v) is 4.52. The van der Waals surface area contributed by atoms with Crippen LogP contribution in [0.3, 0.4) is 0 Å². The molecule has 2 fully saturated rings. The van der Waals surface area contributed by atoms with Gasteiger partial charge in [-0.2, -0.15) is 0 Å². The Morgan fingerprint density at radius 1 is 1.31 bits per heavy atom. The largest absolute Gasteiger partial charge is 0.444 e. The van der Waals surface area contributed by atoms with E-state index < -0.39 is 6.09 Å². The zero-order chi connectivity index (χ0) is 11.5. The number of nitrogens with two attached hydrogens (primary N) is 1. The van der Waals surface area contributed by atoms with E-state index in [1.54, 1.807) is 0 Å². The molecule has 1 aliphatic carbocycles. The molecule has 1 saturated carbocycles. The van der Waals surface area contributed by atoms with Crippen molar-refractivity contribution in [3.05, 3.63) is 0 Å². The highest BCUT2D eigenvalue weighted by Gasteiger charge is 2.36. The summed E-state index contributed by atoms with van der Waals surface area (Å²) in [6, 6.07) is 0.0521. The van der Waals surface area contributed by atoms with Crippen molar-refractivity contribution >= 4 is 12.0 Å². The van der Waals surface area contributed by atoms with E-state index in [1.165, 1.54) is 0 Å². The van der Waals surface area contributed by atoms with E-state index >= 15 is 0 Å². The summed E-state index contributed by atoms with van der Waals surface area (Å²) in [6.45, 7) is 0.794. The minimum absolute atomic E-state index is 0.0521. The van der Waals surface area contributed by atoms with Crippen molar-refractivity contribution in [3.8, 4) is 0 Å². The van der Waals surface area contributed by atoms with Gasteiger partial charge in [0.05, 0.1) is 6.04 Å². The van der Waals surface area contributed by atoms with Gasteiger partial charge < -0.3 is 15.4 Å². The van der Waals surface area contributed by atoms with Crippen molar-refractivity contribution in [3.63, 3.8) is 0 Å². The van der Waals surface area contributed by atoms with Gasteiger partial charge in [0.25, 0.3) is 0 Å². The van der Waals surface area contributed by atoms with Crippen LogP contribution in [0, 0.1) is 0 Å². The minimum atomic E-state index is -0.733. The maximum Gasteiger partial charge on any atom is 0.404 e. The van der Waals surface area contributed by atoms with Crippen LogP contribution in [0.15, 0.2) is 0 Å². The Morgan fingerprint density at radius 2 is 2.06 bits per heavy atom. The van der Waals surface area contributed by atoms with Crippen LogP contribution in [0.4, 0.5) is 4.79 Å². The highest BCUT2D eigenvalue weighted by Crippen LogP contribution is 2.28. The fraction of sp³-hybridized carbons (Fsp3) is 0.818. The molecular formula is C11H18N2O3. The van der Waals surface area contributed by atoms with E-state index in [0.29, 0.717) is 6.42 Å². The lowest BCUT2D eigenvalue weighted by atomic mass is 9.91. The van der Waals surface area contributed by atoms with E-state index in [-0.39, 0.29) is 18.1 Å². The molecule has 1 saturated heterocycles. The van der Waals surface area contributed by atoms with Crippen molar-refractivity contribution < 1.29 is 14.3 Å². The zero-order valence-electron chi connectivity index (χ0n) is 9.35. The van der Waals surface area contributed by atoms with Crippen LogP contribution in [-0.2, 0) is 9.53 Å². The minimum Gasteiger partial charge on any atom is -0.444 e. The molecule has 1 heterocycles. The van der Waals surface area contributed by atoms with Gasteiger partial charge in [0, 0.05) is 13.0 Å². The Kier molecular flexibility index (Phi) is 3.31. The lowest BCUT2D eigenvalue weighted by Crippen LogP contribution is -2.48. The first kappa shape index (κ1) is 11.2. The molecule has 0 aromatic carbocycles. The molecule has 1 aliphatic heterocycles. The summed E-state index contributed by atoms with van der Waals surface area (Å²) in [5, 5.41) is 0. The monoisotopic (exact) mass is 226 g/mol. The molecule has 2 N–H and O–H groups in total. The smallest absolute Gasteiger partial charge is 0.404 e. The molecule has 2 amide bonds. The molecule has 5 heteroatoms. The molecule has 2 atom stereocenters. The van der Waals surface area contributed by atoms with Crippen LogP contribution in [0.5, 0.6) is 0 Å². The number of carbonyl (C=O) groups excluding carboxylic acids is 2. The average Bonchev–Trinajstić information content (AvgIpc) is 2.64. The van der Waals surface area contributed by atoms with E-state index in [0.717, 1.165) is 38.6 Å². The quantitative estimate of drug-likeness (QED) is 0.763. The van der Waals surface area contributed by atoms with Crippen LogP contribution >= 0.6 is 0 Å². The SMILES string of the molecule is NC(=O)O[C@@H]1CCCC[C@H]1N1CCCC1=O. The van der Waals surface area contributed by atoms with Gasteiger partial charge in [-0.3, -0.25) is 4.79 Å². The third-order valence-electron chi connectivity index (χ3n) is 3.45. The number of ether oxygens (including phenoxy) is 1. The lowest BCUT2D eigenvalue weighted by Gasteiger charge is -2.36. The first-order valence-corrected chi connectivity index (χ1v) is 5.94. The molecule has 2 aliphatic rings. The first-order chi connectivity index (χ1) is 7.68. The molecule has 0 unspecified atom stereocenters. The number of hydrogen-bond donors (Lipinski definition) is 1. The molecule has 0 radical (unpaired) electrons. The maximum absolute atomic E-state index is 11.7. The van der Waals surface area contributed by atoms with Crippen LogP contribution < -0.4 is 5.73 Å². The van der Waals surface area contributed by atoms with E-state index in [2.05, 4.69) is 0 Å². The summed E-state index contributed by atoms with van der Waals surface area (Å²) < 4.78 is 5.11. The molecule has 5 nitrogen and oxygen atoms in total. The number of primary amides is 1. The summed E-state index contributed by atoms with van der Waals surface area (Å²) >= 11 is 0. The molecule has 0 aromatic heterocycles. The lowest BCUT2D eigenvalue weighted by molar-refractivity contribution is -0.133. The van der Waals surface area contributed by atoms with E-state index in [1.807, 2.05) is 4.90 Å². The number of hydrogen-bond acceptors (Lipinski definition) is 3. The predicted molar refractivity (Wildman–Crippen MR) is 57.7 cm³/mol. The molecule has 16 heavy (non-hydrogen) atoms. The molecule has 0 aromatic rings. The van der Waals surface area contributed by atoms with Crippen molar-refractivity contribution in [2.45, 2.75) is 50.7 Å². The molecule has 0 bridgehead atoms. The van der Waals surface area contributed by atoms with Crippen LogP contribution in [0.25, 0.3) is 0 Å². The standard InChI is InChI=1S/C11H18N2O3/c12-11(15)16-9-5-2-1-4-8(9)13-7-3-6-10(13)14/h8-9H,1-7H2,(H2,12,15)/t8-,9-/m1/s1. The molecule has 90 valence electrons. The fourth-order valence-corrected chi connectivity index (χ4v) is 2.74.